The molecule has 2 N–H and O–H groups in total. The number of amides is 1. The van der Waals surface area contributed by atoms with E-state index < -0.39 is 0 Å². The number of carbonyl (C=O) groups is 1. The lowest BCUT2D eigenvalue weighted by molar-refractivity contribution is 0.0740. The van der Waals surface area contributed by atoms with Gasteiger partial charge in [0.15, 0.2) is 11.5 Å². The van der Waals surface area contributed by atoms with Crippen LogP contribution >= 0.6 is 28.3 Å². The standard InChI is InChI=1S/C15H21BrN2O3.ClH/c1-3-21-14-12(16)7-10(8-13(14)20-2)15(19)18-6-4-5-11(18)9-17;/h7-8,11H,3-6,9,17H2,1-2H3;1H. The summed E-state index contributed by atoms with van der Waals surface area (Å²) in [5.41, 5.74) is 6.33. The monoisotopic (exact) mass is 392 g/mol. The average molecular weight is 394 g/mol. The minimum atomic E-state index is -0.00926. The molecular weight excluding hydrogens is 372 g/mol. The Kier molecular flexibility index (Phi) is 7.45. The molecule has 0 radical (unpaired) electrons. The molecule has 1 unspecified atom stereocenters. The van der Waals surface area contributed by atoms with Gasteiger partial charge in [-0.1, -0.05) is 0 Å². The Morgan fingerprint density at radius 2 is 2.23 bits per heavy atom. The predicted octanol–water partition coefficient (Wildman–Crippen LogP) is 2.84. The van der Waals surface area contributed by atoms with Gasteiger partial charge in [-0.2, -0.15) is 0 Å². The fourth-order valence-corrected chi connectivity index (χ4v) is 3.20. The van der Waals surface area contributed by atoms with Gasteiger partial charge in [0.25, 0.3) is 5.91 Å². The molecule has 5 nitrogen and oxygen atoms in total. The van der Waals surface area contributed by atoms with Crippen molar-refractivity contribution in [2.45, 2.75) is 25.8 Å². The van der Waals surface area contributed by atoms with Crippen LogP contribution in [0.5, 0.6) is 11.5 Å². The molecule has 2 rings (SSSR count). The third kappa shape index (κ3) is 3.86. The lowest BCUT2D eigenvalue weighted by Gasteiger charge is -2.24. The first-order valence-electron chi connectivity index (χ1n) is 7.13. The maximum Gasteiger partial charge on any atom is 0.254 e. The minimum absolute atomic E-state index is 0. The van der Waals surface area contributed by atoms with Crippen molar-refractivity contribution in [1.29, 1.82) is 0 Å². The van der Waals surface area contributed by atoms with Crippen molar-refractivity contribution < 1.29 is 14.3 Å². The zero-order valence-electron chi connectivity index (χ0n) is 12.8. The van der Waals surface area contributed by atoms with Crippen molar-refractivity contribution in [3.63, 3.8) is 0 Å². The maximum absolute atomic E-state index is 12.7. The molecule has 0 aromatic heterocycles. The molecule has 0 saturated carbocycles. The van der Waals surface area contributed by atoms with Gasteiger partial charge >= 0.3 is 0 Å². The predicted molar refractivity (Wildman–Crippen MR) is 92.2 cm³/mol. The third-order valence-electron chi connectivity index (χ3n) is 3.68. The fourth-order valence-electron chi connectivity index (χ4n) is 2.64. The van der Waals surface area contributed by atoms with Gasteiger partial charge in [0.1, 0.15) is 0 Å². The van der Waals surface area contributed by atoms with E-state index in [4.69, 9.17) is 15.2 Å². The lowest BCUT2D eigenvalue weighted by Crippen LogP contribution is -2.39. The number of hydrogen-bond donors (Lipinski definition) is 1. The van der Waals surface area contributed by atoms with Gasteiger partial charge < -0.3 is 20.1 Å². The van der Waals surface area contributed by atoms with Crippen LogP contribution in [-0.2, 0) is 0 Å². The zero-order chi connectivity index (χ0) is 15.4. The number of carbonyl (C=O) groups excluding carboxylic acids is 1. The average Bonchev–Trinajstić information content (AvgIpc) is 2.96. The summed E-state index contributed by atoms with van der Waals surface area (Å²) in [5, 5.41) is 0. The number of rotatable bonds is 5. The smallest absolute Gasteiger partial charge is 0.254 e. The second kappa shape index (κ2) is 8.60. The summed E-state index contributed by atoms with van der Waals surface area (Å²) in [4.78, 5) is 14.5. The van der Waals surface area contributed by atoms with Crippen LogP contribution in [0.2, 0.25) is 0 Å². The highest BCUT2D eigenvalue weighted by Gasteiger charge is 2.29. The van der Waals surface area contributed by atoms with E-state index in [1.807, 2.05) is 11.8 Å². The number of nitrogens with zero attached hydrogens (tertiary/aromatic N) is 1. The normalized spacial score (nSPS) is 17.1. The van der Waals surface area contributed by atoms with Crippen LogP contribution in [0.4, 0.5) is 0 Å². The van der Waals surface area contributed by atoms with Gasteiger partial charge in [0.2, 0.25) is 0 Å². The molecule has 7 heteroatoms. The molecule has 1 aromatic carbocycles. The Morgan fingerprint density at radius 1 is 1.50 bits per heavy atom. The van der Waals surface area contributed by atoms with Crippen LogP contribution in [0.15, 0.2) is 16.6 Å². The lowest BCUT2D eigenvalue weighted by atomic mass is 10.1. The number of likely N-dealkylation sites (tertiary alicyclic amines) is 1. The van der Waals surface area contributed by atoms with Crippen molar-refractivity contribution >= 4 is 34.2 Å². The van der Waals surface area contributed by atoms with E-state index in [9.17, 15) is 4.79 Å². The summed E-state index contributed by atoms with van der Waals surface area (Å²) in [6.07, 6.45) is 1.97. The highest BCUT2D eigenvalue weighted by Crippen LogP contribution is 2.37. The van der Waals surface area contributed by atoms with Crippen molar-refractivity contribution in [2.75, 3.05) is 26.8 Å². The number of hydrogen-bond acceptors (Lipinski definition) is 4. The van der Waals surface area contributed by atoms with Crippen LogP contribution in [-0.4, -0.2) is 43.7 Å². The van der Waals surface area contributed by atoms with E-state index in [0.29, 0.717) is 30.2 Å². The van der Waals surface area contributed by atoms with Crippen LogP contribution in [0.25, 0.3) is 0 Å². The highest BCUT2D eigenvalue weighted by atomic mass is 79.9. The Labute approximate surface area is 145 Å². The van der Waals surface area contributed by atoms with E-state index in [-0.39, 0.29) is 24.4 Å². The molecule has 1 atom stereocenters. The Hall–Kier alpha value is -0.980. The first-order chi connectivity index (χ1) is 10.1. The molecular formula is C15H22BrClN2O3. The topological polar surface area (TPSA) is 64.8 Å². The molecule has 1 heterocycles. The van der Waals surface area contributed by atoms with E-state index in [1.165, 1.54) is 0 Å². The van der Waals surface area contributed by atoms with Crippen molar-refractivity contribution in [1.82, 2.24) is 4.90 Å². The van der Waals surface area contributed by atoms with Gasteiger partial charge in [-0.05, 0) is 47.8 Å². The molecule has 0 spiro atoms. The Bertz CT molecular complexity index is 528. The highest BCUT2D eigenvalue weighted by molar-refractivity contribution is 9.10. The molecule has 1 saturated heterocycles. The van der Waals surface area contributed by atoms with E-state index in [2.05, 4.69) is 15.9 Å². The van der Waals surface area contributed by atoms with Crippen molar-refractivity contribution in [2.24, 2.45) is 5.73 Å². The number of nitrogens with two attached hydrogens (primary N) is 1. The number of halogens is 2. The minimum Gasteiger partial charge on any atom is -0.493 e. The largest absolute Gasteiger partial charge is 0.493 e. The second-order valence-corrected chi connectivity index (χ2v) is 5.81. The first-order valence-corrected chi connectivity index (χ1v) is 7.93. The van der Waals surface area contributed by atoms with Gasteiger partial charge in [0.05, 0.1) is 18.2 Å². The van der Waals surface area contributed by atoms with E-state index in [0.717, 1.165) is 23.9 Å². The van der Waals surface area contributed by atoms with Gasteiger partial charge in [-0.25, -0.2) is 0 Å². The summed E-state index contributed by atoms with van der Waals surface area (Å²) in [6, 6.07) is 3.64. The Balaban J connectivity index is 0.00000242. The van der Waals surface area contributed by atoms with Gasteiger partial charge in [0, 0.05) is 24.7 Å². The molecule has 1 amide bonds. The zero-order valence-corrected chi connectivity index (χ0v) is 15.2. The maximum atomic E-state index is 12.7. The fraction of sp³-hybridized carbons (Fsp3) is 0.533. The second-order valence-electron chi connectivity index (χ2n) is 4.95. The van der Waals surface area contributed by atoms with Crippen LogP contribution in [0.1, 0.15) is 30.1 Å². The molecule has 1 aliphatic rings. The molecule has 22 heavy (non-hydrogen) atoms. The van der Waals surface area contributed by atoms with Crippen molar-refractivity contribution in [3.05, 3.63) is 22.2 Å². The van der Waals surface area contributed by atoms with Gasteiger partial charge in [-0.3, -0.25) is 4.79 Å². The van der Waals surface area contributed by atoms with E-state index in [1.54, 1.807) is 19.2 Å². The van der Waals surface area contributed by atoms with Crippen molar-refractivity contribution in [3.8, 4) is 11.5 Å². The first kappa shape index (κ1) is 19.1. The van der Waals surface area contributed by atoms with Crippen LogP contribution in [0.3, 0.4) is 0 Å². The summed E-state index contributed by atoms with van der Waals surface area (Å²) in [7, 11) is 1.57. The molecule has 1 aromatic rings. The summed E-state index contributed by atoms with van der Waals surface area (Å²) < 4.78 is 11.6. The van der Waals surface area contributed by atoms with Crippen LogP contribution in [0, 0.1) is 0 Å². The summed E-state index contributed by atoms with van der Waals surface area (Å²) in [6.45, 7) is 3.69. The number of methoxy groups -OCH3 is 1. The number of ether oxygens (including phenoxy) is 2. The van der Waals surface area contributed by atoms with E-state index >= 15 is 0 Å². The third-order valence-corrected chi connectivity index (χ3v) is 4.26. The molecule has 1 aliphatic heterocycles. The number of benzene rings is 1. The quantitative estimate of drug-likeness (QED) is 0.835. The molecule has 0 aliphatic carbocycles. The molecule has 0 bridgehead atoms. The van der Waals surface area contributed by atoms with Gasteiger partial charge in [-0.15, -0.1) is 12.4 Å². The SMILES string of the molecule is CCOc1c(Br)cc(C(=O)N2CCCC2CN)cc1OC.Cl. The Morgan fingerprint density at radius 3 is 2.82 bits per heavy atom. The molecule has 1 fully saturated rings. The van der Waals surface area contributed by atoms with Crippen LogP contribution < -0.4 is 15.2 Å². The summed E-state index contributed by atoms with van der Waals surface area (Å²) >= 11 is 3.45. The summed E-state index contributed by atoms with van der Waals surface area (Å²) in [5.74, 6) is 1.16. The molecule has 124 valence electrons.